The van der Waals surface area contributed by atoms with Crippen molar-refractivity contribution >= 4 is 39.0 Å². The minimum absolute atomic E-state index is 0.0745. The van der Waals surface area contributed by atoms with Crippen LogP contribution in [0.2, 0.25) is 5.02 Å². The zero-order chi connectivity index (χ0) is 18.2. The summed E-state index contributed by atoms with van der Waals surface area (Å²) in [5.41, 5.74) is 0.728. The molecule has 1 saturated heterocycles. The average Bonchev–Trinajstić information content (AvgIpc) is 2.98. The molecule has 1 fully saturated rings. The first-order valence-electron chi connectivity index (χ1n) is 7.42. The van der Waals surface area contributed by atoms with E-state index in [0.717, 1.165) is 6.07 Å². The van der Waals surface area contributed by atoms with E-state index in [9.17, 15) is 17.6 Å². The summed E-state index contributed by atoms with van der Waals surface area (Å²) in [5, 5.41) is 2.70. The third-order valence-corrected chi connectivity index (χ3v) is 5.83. The van der Waals surface area contributed by atoms with Gasteiger partial charge in [-0.1, -0.05) is 23.7 Å². The van der Waals surface area contributed by atoms with E-state index >= 15 is 0 Å². The number of carbonyl (C=O) groups excluding carboxylic acids is 1. The molecule has 132 valence electrons. The number of benzene rings is 2. The van der Waals surface area contributed by atoms with E-state index in [0.29, 0.717) is 24.3 Å². The number of sulfonamides is 1. The zero-order valence-electron chi connectivity index (χ0n) is 13.2. The topological polar surface area (TPSA) is 78.5 Å². The Labute approximate surface area is 149 Å². The summed E-state index contributed by atoms with van der Waals surface area (Å²) in [4.78, 5) is 13.0. The highest BCUT2D eigenvalue weighted by Gasteiger charge is 2.24. The molecule has 0 aliphatic carbocycles. The molecule has 1 aliphatic heterocycles. The van der Waals surface area contributed by atoms with Gasteiger partial charge in [-0.3, -0.25) is 9.62 Å². The van der Waals surface area contributed by atoms with Crippen molar-refractivity contribution in [2.45, 2.75) is 11.8 Å². The van der Waals surface area contributed by atoms with Crippen LogP contribution in [0.5, 0.6) is 0 Å². The maximum atomic E-state index is 14.1. The van der Waals surface area contributed by atoms with Gasteiger partial charge in [-0.25, -0.2) is 17.6 Å². The Hall–Kier alpha value is -2.32. The summed E-state index contributed by atoms with van der Waals surface area (Å²) >= 11 is 6.06. The van der Waals surface area contributed by atoms with Gasteiger partial charge < -0.3 is 5.32 Å². The largest absolute Gasteiger partial charge is 0.336 e. The monoisotopic (exact) mass is 383 g/mol. The van der Waals surface area contributed by atoms with E-state index in [1.807, 2.05) is 0 Å². The Morgan fingerprint density at radius 3 is 2.72 bits per heavy atom. The number of carbonyl (C=O) groups is 1. The van der Waals surface area contributed by atoms with Crippen molar-refractivity contribution in [2.75, 3.05) is 22.7 Å². The van der Waals surface area contributed by atoms with Crippen molar-refractivity contribution in [3.63, 3.8) is 0 Å². The lowest BCUT2D eigenvalue weighted by molar-refractivity contribution is 0.252. The summed E-state index contributed by atoms with van der Waals surface area (Å²) in [6.45, 7) is 2.56. The maximum absolute atomic E-state index is 14.1. The van der Waals surface area contributed by atoms with Crippen LogP contribution >= 0.6 is 11.6 Å². The molecule has 25 heavy (non-hydrogen) atoms. The molecule has 0 unspecified atom stereocenters. The van der Waals surface area contributed by atoms with Crippen LogP contribution in [0.15, 0.2) is 41.3 Å². The Balaban J connectivity index is 1.97. The Bertz CT molecular complexity index is 950. The first-order valence-corrected chi connectivity index (χ1v) is 9.28. The Morgan fingerprint density at radius 2 is 2.04 bits per heavy atom. The van der Waals surface area contributed by atoms with E-state index in [2.05, 4.69) is 10.0 Å². The van der Waals surface area contributed by atoms with Gasteiger partial charge in [-0.2, -0.15) is 0 Å². The molecule has 0 aromatic heterocycles. The van der Waals surface area contributed by atoms with Crippen LogP contribution in [0.3, 0.4) is 0 Å². The molecule has 1 aliphatic rings. The molecule has 6 nitrogen and oxygen atoms in total. The van der Waals surface area contributed by atoms with Gasteiger partial charge in [0, 0.05) is 18.8 Å². The van der Waals surface area contributed by atoms with Gasteiger partial charge in [0.15, 0.2) is 0 Å². The lowest BCUT2D eigenvalue weighted by Crippen LogP contribution is -2.27. The van der Waals surface area contributed by atoms with Crippen molar-refractivity contribution in [3.05, 3.63) is 52.8 Å². The molecule has 0 bridgehead atoms. The van der Waals surface area contributed by atoms with E-state index in [1.54, 1.807) is 19.1 Å². The average molecular weight is 384 g/mol. The molecule has 1 heterocycles. The van der Waals surface area contributed by atoms with Crippen LogP contribution in [0.4, 0.5) is 20.6 Å². The SMILES string of the molecule is Cc1cccc(S(=O)(=O)Nc2cc(N3CCNC3=O)ccc2F)c1Cl. The number of hydrogen-bond acceptors (Lipinski definition) is 3. The fraction of sp³-hybridized carbons (Fsp3) is 0.188. The normalized spacial score (nSPS) is 14.5. The number of urea groups is 1. The Kier molecular flexibility index (Phi) is 4.57. The number of hydrogen-bond donors (Lipinski definition) is 2. The lowest BCUT2D eigenvalue weighted by Gasteiger charge is -2.17. The number of rotatable bonds is 4. The quantitative estimate of drug-likeness (QED) is 0.851. The molecule has 0 saturated carbocycles. The number of anilines is 2. The maximum Gasteiger partial charge on any atom is 0.321 e. The summed E-state index contributed by atoms with van der Waals surface area (Å²) < 4.78 is 41.4. The zero-order valence-corrected chi connectivity index (χ0v) is 14.8. The second-order valence-corrected chi connectivity index (χ2v) is 7.57. The summed E-state index contributed by atoms with van der Waals surface area (Å²) in [6, 6.07) is 8.05. The number of nitrogens with zero attached hydrogens (tertiary/aromatic N) is 1. The first-order chi connectivity index (χ1) is 11.8. The third-order valence-electron chi connectivity index (χ3n) is 3.81. The van der Waals surface area contributed by atoms with Crippen molar-refractivity contribution in [1.29, 1.82) is 0 Å². The van der Waals surface area contributed by atoms with E-state index < -0.39 is 15.8 Å². The predicted molar refractivity (Wildman–Crippen MR) is 94.1 cm³/mol. The molecule has 0 atom stereocenters. The highest BCUT2D eigenvalue weighted by molar-refractivity contribution is 7.92. The number of amides is 2. The molecule has 2 N–H and O–H groups in total. The first kappa shape index (κ1) is 17.5. The number of nitrogens with one attached hydrogen (secondary N) is 2. The lowest BCUT2D eigenvalue weighted by atomic mass is 10.2. The van der Waals surface area contributed by atoms with Gasteiger partial charge in [-0.15, -0.1) is 0 Å². The van der Waals surface area contributed by atoms with E-state index in [4.69, 9.17) is 11.6 Å². The van der Waals surface area contributed by atoms with Crippen LogP contribution in [-0.2, 0) is 10.0 Å². The van der Waals surface area contributed by atoms with Gasteiger partial charge in [0.1, 0.15) is 10.7 Å². The second-order valence-electron chi connectivity index (χ2n) is 5.54. The summed E-state index contributed by atoms with van der Waals surface area (Å²) in [6.07, 6.45) is 0. The van der Waals surface area contributed by atoms with E-state index in [1.165, 1.54) is 23.1 Å². The minimum atomic E-state index is -4.08. The minimum Gasteiger partial charge on any atom is -0.336 e. The smallest absolute Gasteiger partial charge is 0.321 e. The fourth-order valence-corrected chi connectivity index (χ4v) is 4.15. The molecule has 0 radical (unpaired) electrons. The molecular formula is C16H15ClFN3O3S. The number of aryl methyl sites for hydroxylation is 1. The standard InChI is InChI=1S/C16H15ClFN3O3S/c1-10-3-2-4-14(15(10)17)25(23,24)20-13-9-11(5-6-12(13)18)21-8-7-19-16(21)22/h2-6,9,20H,7-8H2,1H3,(H,19,22). The van der Waals surface area contributed by atoms with Crippen LogP contribution in [0.1, 0.15) is 5.56 Å². The number of halogens is 2. The predicted octanol–water partition coefficient (Wildman–Crippen LogP) is 3.12. The fourth-order valence-electron chi connectivity index (χ4n) is 2.51. The van der Waals surface area contributed by atoms with Gasteiger partial charge in [0.05, 0.1) is 10.7 Å². The molecule has 0 spiro atoms. The molecule has 3 rings (SSSR count). The van der Waals surface area contributed by atoms with Gasteiger partial charge >= 0.3 is 6.03 Å². The molecule has 2 amide bonds. The van der Waals surface area contributed by atoms with Crippen molar-refractivity contribution in [2.24, 2.45) is 0 Å². The van der Waals surface area contributed by atoms with Gasteiger partial charge in [0.2, 0.25) is 0 Å². The summed E-state index contributed by atoms with van der Waals surface area (Å²) in [7, 11) is -4.08. The molecular weight excluding hydrogens is 369 g/mol. The molecule has 2 aromatic carbocycles. The van der Waals surface area contributed by atoms with Crippen LogP contribution in [-0.4, -0.2) is 27.5 Å². The van der Waals surface area contributed by atoms with E-state index in [-0.39, 0.29) is 21.6 Å². The van der Waals surface area contributed by atoms with Gasteiger partial charge in [-0.05, 0) is 36.8 Å². The Morgan fingerprint density at radius 1 is 1.28 bits per heavy atom. The highest BCUT2D eigenvalue weighted by atomic mass is 35.5. The van der Waals surface area contributed by atoms with Crippen LogP contribution < -0.4 is 14.9 Å². The highest BCUT2D eigenvalue weighted by Crippen LogP contribution is 2.29. The summed E-state index contributed by atoms with van der Waals surface area (Å²) in [5.74, 6) is -0.754. The van der Waals surface area contributed by atoms with Crippen molar-refractivity contribution < 1.29 is 17.6 Å². The van der Waals surface area contributed by atoms with Crippen molar-refractivity contribution in [3.8, 4) is 0 Å². The van der Waals surface area contributed by atoms with Crippen molar-refractivity contribution in [1.82, 2.24) is 5.32 Å². The molecule has 9 heteroatoms. The second kappa shape index (κ2) is 6.53. The third kappa shape index (κ3) is 3.40. The molecule has 2 aromatic rings. The van der Waals surface area contributed by atoms with Crippen LogP contribution in [0, 0.1) is 12.7 Å². The van der Waals surface area contributed by atoms with Gasteiger partial charge in [0.25, 0.3) is 10.0 Å². The van der Waals surface area contributed by atoms with Crippen LogP contribution in [0.25, 0.3) is 0 Å².